The van der Waals surface area contributed by atoms with Crippen LogP contribution in [0.4, 0.5) is 0 Å². The van der Waals surface area contributed by atoms with Crippen LogP contribution in [0.5, 0.6) is 5.75 Å². The molecule has 2 aliphatic carbocycles. The Morgan fingerprint density at radius 1 is 1.42 bits per heavy atom. The molecule has 4 atom stereocenters. The number of hydrogen-bond acceptors (Lipinski definition) is 2. The monoisotopic (exact) mass is 261 g/mol. The molecule has 0 aliphatic heterocycles. The summed E-state index contributed by atoms with van der Waals surface area (Å²) in [6.45, 7) is 4.24. The topological polar surface area (TPSA) is 42.2 Å². The molecule has 2 fully saturated rings. The summed E-state index contributed by atoms with van der Waals surface area (Å²) in [5.74, 6) is 2.44. The fraction of sp³-hybridized carbons (Fsp3) is 0.688. The molecule has 104 valence electrons. The van der Waals surface area contributed by atoms with Crippen LogP contribution >= 0.6 is 0 Å². The van der Waals surface area contributed by atoms with Crippen LogP contribution < -0.4 is 5.43 Å². The van der Waals surface area contributed by atoms with E-state index in [1.165, 1.54) is 31.7 Å². The third-order valence-corrected chi connectivity index (χ3v) is 5.39. The highest BCUT2D eigenvalue weighted by Crippen LogP contribution is 2.52. The van der Waals surface area contributed by atoms with E-state index in [1.54, 1.807) is 0 Å². The van der Waals surface area contributed by atoms with Crippen LogP contribution in [-0.4, -0.2) is 9.67 Å². The average Bonchev–Trinajstić information content (AvgIpc) is 3.03. The lowest BCUT2D eigenvalue weighted by Gasteiger charge is -2.31. The molecule has 2 aliphatic rings. The maximum absolute atomic E-state index is 11.6. The molecule has 1 aromatic heterocycles. The quantitative estimate of drug-likeness (QED) is 0.908. The first-order valence-electron chi connectivity index (χ1n) is 7.54. The second kappa shape index (κ2) is 4.69. The summed E-state index contributed by atoms with van der Waals surface area (Å²) in [7, 11) is 0. The molecule has 0 radical (unpaired) electrons. The largest absolute Gasteiger partial charge is 0.503 e. The predicted octanol–water partition coefficient (Wildman–Crippen LogP) is 3.11. The van der Waals surface area contributed by atoms with E-state index in [-0.39, 0.29) is 11.2 Å². The van der Waals surface area contributed by atoms with Crippen molar-refractivity contribution in [2.45, 2.75) is 52.0 Å². The van der Waals surface area contributed by atoms with Gasteiger partial charge >= 0.3 is 0 Å². The van der Waals surface area contributed by atoms with Crippen molar-refractivity contribution in [3.05, 3.63) is 28.2 Å². The van der Waals surface area contributed by atoms with Crippen molar-refractivity contribution >= 4 is 0 Å². The third-order valence-electron chi connectivity index (χ3n) is 5.39. The van der Waals surface area contributed by atoms with Crippen molar-refractivity contribution in [2.75, 3.05) is 0 Å². The standard InChI is InChI=1S/C16H23NO2/c1-3-14-16(19)15(18)6-7-17(14)10(2)13-9-11-4-5-12(13)8-11/h6-7,10-13,19H,3-5,8-9H2,1-2H3. The van der Waals surface area contributed by atoms with Crippen molar-refractivity contribution in [3.8, 4) is 5.75 Å². The lowest BCUT2D eigenvalue weighted by molar-refractivity contribution is 0.237. The Balaban J connectivity index is 1.93. The minimum atomic E-state index is -0.256. The number of aromatic nitrogens is 1. The summed E-state index contributed by atoms with van der Waals surface area (Å²) in [5, 5.41) is 9.97. The summed E-state index contributed by atoms with van der Waals surface area (Å²) in [6.07, 6.45) is 8.06. The Bertz CT molecular complexity index is 534. The summed E-state index contributed by atoms with van der Waals surface area (Å²) in [4.78, 5) is 11.6. The number of nitrogens with zero attached hydrogens (tertiary/aromatic N) is 1. The molecule has 0 aromatic carbocycles. The van der Waals surface area contributed by atoms with Crippen molar-refractivity contribution in [3.63, 3.8) is 0 Å². The second-order valence-electron chi connectivity index (χ2n) is 6.32. The smallest absolute Gasteiger partial charge is 0.223 e. The molecule has 1 N–H and O–H groups in total. The number of pyridine rings is 1. The molecule has 0 saturated heterocycles. The molecule has 2 saturated carbocycles. The van der Waals surface area contributed by atoms with Gasteiger partial charge in [-0.05, 0) is 50.4 Å². The van der Waals surface area contributed by atoms with Crippen LogP contribution in [0, 0.1) is 17.8 Å². The SMILES string of the molecule is CCc1c(O)c(=O)ccn1C(C)C1CC2CCC1C2. The summed E-state index contributed by atoms with van der Waals surface area (Å²) < 4.78 is 2.14. The molecule has 3 heteroatoms. The lowest BCUT2D eigenvalue weighted by Crippen LogP contribution is -2.25. The van der Waals surface area contributed by atoms with Crippen LogP contribution in [0.3, 0.4) is 0 Å². The molecular formula is C16H23NO2. The Morgan fingerprint density at radius 2 is 2.21 bits per heavy atom. The fourth-order valence-corrected chi connectivity index (χ4v) is 4.40. The van der Waals surface area contributed by atoms with E-state index in [2.05, 4.69) is 11.5 Å². The normalized spacial score (nSPS) is 30.7. The van der Waals surface area contributed by atoms with E-state index < -0.39 is 0 Å². The Morgan fingerprint density at radius 3 is 2.79 bits per heavy atom. The molecule has 3 rings (SSSR count). The average molecular weight is 261 g/mol. The van der Waals surface area contributed by atoms with E-state index >= 15 is 0 Å². The maximum Gasteiger partial charge on any atom is 0.223 e. The molecule has 4 unspecified atom stereocenters. The summed E-state index contributed by atoms with van der Waals surface area (Å²) in [6, 6.07) is 1.88. The molecular weight excluding hydrogens is 238 g/mol. The van der Waals surface area contributed by atoms with Crippen molar-refractivity contribution in [1.82, 2.24) is 4.57 Å². The van der Waals surface area contributed by atoms with Crippen molar-refractivity contribution in [1.29, 1.82) is 0 Å². The molecule has 1 aromatic rings. The van der Waals surface area contributed by atoms with Gasteiger partial charge in [0.15, 0.2) is 5.75 Å². The van der Waals surface area contributed by atoms with Crippen LogP contribution in [0.15, 0.2) is 17.1 Å². The van der Waals surface area contributed by atoms with Gasteiger partial charge in [0.05, 0.1) is 5.69 Å². The van der Waals surface area contributed by atoms with E-state index in [9.17, 15) is 9.90 Å². The molecule has 0 spiro atoms. The first-order valence-corrected chi connectivity index (χ1v) is 7.54. The molecule has 3 nitrogen and oxygen atoms in total. The summed E-state index contributed by atoms with van der Waals surface area (Å²) >= 11 is 0. The van der Waals surface area contributed by atoms with E-state index in [0.717, 1.165) is 17.5 Å². The lowest BCUT2D eigenvalue weighted by atomic mass is 9.83. The number of rotatable bonds is 3. The van der Waals surface area contributed by atoms with Crippen molar-refractivity contribution < 1.29 is 5.11 Å². The van der Waals surface area contributed by atoms with Gasteiger partial charge in [-0.25, -0.2) is 0 Å². The highest BCUT2D eigenvalue weighted by atomic mass is 16.3. The second-order valence-corrected chi connectivity index (χ2v) is 6.32. The first-order chi connectivity index (χ1) is 9.11. The van der Waals surface area contributed by atoms with Gasteiger partial charge in [0.1, 0.15) is 0 Å². The Labute approximate surface area is 114 Å². The van der Waals surface area contributed by atoms with Crippen molar-refractivity contribution in [2.24, 2.45) is 17.8 Å². The molecule has 1 heterocycles. The van der Waals surface area contributed by atoms with Crippen LogP contribution in [0.25, 0.3) is 0 Å². The summed E-state index contributed by atoms with van der Waals surface area (Å²) in [5.41, 5.74) is 0.538. The number of hydrogen-bond donors (Lipinski definition) is 1. The minimum absolute atomic E-state index is 0.0555. The third kappa shape index (κ3) is 1.99. The zero-order chi connectivity index (χ0) is 13.6. The van der Waals surface area contributed by atoms with Gasteiger partial charge in [-0.3, -0.25) is 4.79 Å². The van der Waals surface area contributed by atoms with Crippen LogP contribution in [0.1, 0.15) is 51.3 Å². The van der Waals surface area contributed by atoms with E-state index in [4.69, 9.17) is 0 Å². The van der Waals surface area contributed by atoms with Crippen LogP contribution in [0.2, 0.25) is 0 Å². The van der Waals surface area contributed by atoms with Gasteiger partial charge in [0.25, 0.3) is 0 Å². The van der Waals surface area contributed by atoms with E-state index in [1.807, 2.05) is 13.1 Å². The first kappa shape index (κ1) is 12.8. The highest BCUT2D eigenvalue weighted by molar-refractivity contribution is 5.27. The zero-order valence-corrected chi connectivity index (χ0v) is 11.8. The minimum Gasteiger partial charge on any atom is -0.503 e. The van der Waals surface area contributed by atoms with E-state index in [0.29, 0.717) is 18.4 Å². The Hall–Kier alpha value is -1.25. The van der Waals surface area contributed by atoms with Gasteiger partial charge in [-0.2, -0.15) is 0 Å². The zero-order valence-electron chi connectivity index (χ0n) is 11.8. The molecule has 19 heavy (non-hydrogen) atoms. The Kier molecular flexibility index (Phi) is 3.15. The molecule has 0 amide bonds. The van der Waals surface area contributed by atoms with Crippen LogP contribution in [-0.2, 0) is 6.42 Å². The van der Waals surface area contributed by atoms with Gasteiger partial charge < -0.3 is 9.67 Å². The van der Waals surface area contributed by atoms with Gasteiger partial charge in [-0.1, -0.05) is 13.3 Å². The maximum atomic E-state index is 11.6. The number of fused-ring (bicyclic) bond motifs is 2. The molecule has 2 bridgehead atoms. The fourth-order valence-electron chi connectivity index (χ4n) is 4.40. The van der Waals surface area contributed by atoms with Gasteiger partial charge in [-0.15, -0.1) is 0 Å². The predicted molar refractivity (Wildman–Crippen MR) is 75.4 cm³/mol. The number of aromatic hydroxyl groups is 1. The highest BCUT2D eigenvalue weighted by Gasteiger charge is 2.42. The van der Waals surface area contributed by atoms with Gasteiger partial charge in [0.2, 0.25) is 5.43 Å². The van der Waals surface area contributed by atoms with Gasteiger partial charge in [0, 0.05) is 18.3 Å².